The highest BCUT2D eigenvalue weighted by Gasteiger charge is 1.99. The quantitative estimate of drug-likeness (QED) is 0.636. The monoisotopic (exact) mass is 135 g/mol. The van der Waals surface area contributed by atoms with Crippen LogP contribution in [-0.2, 0) is 0 Å². The van der Waals surface area contributed by atoms with Crippen LogP contribution in [0.15, 0.2) is 29.5 Å². The number of hydrogen-bond donors (Lipinski definition) is 1. The van der Waals surface area contributed by atoms with Crippen molar-refractivity contribution in [2.45, 2.75) is 0 Å². The van der Waals surface area contributed by atoms with Gasteiger partial charge >= 0.3 is 0 Å². The van der Waals surface area contributed by atoms with E-state index in [1.807, 2.05) is 0 Å². The van der Waals surface area contributed by atoms with Crippen molar-refractivity contribution >= 4 is 0 Å². The molecule has 2 heterocycles. The van der Waals surface area contributed by atoms with Crippen molar-refractivity contribution in [2.24, 2.45) is 0 Å². The summed E-state index contributed by atoms with van der Waals surface area (Å²) in [5.74, 6) is 0. The lowest BCUT2D eigenvalue weighted by Gasteiger charge is -1.80. The molecule has 0 spiro atoms. The first-order valence-electron chi connectivity index (χ1n) is 2.84. The zero-order valence-corrected chi connectivity index (χ0v) is 5.11. The van der Waals surface area contributed by atoms with Crippen LogP contribution in [0.4, 0.5) is 0 Å². The zero-order valence-electron chi connectivity index (χ0n) is 5.11. The molecule has 2 aromatic rings. The van der Waals surface area contributed by atoms with Gasteiger partial charge < -0.3 is 4.42 Å². The lowest BCUT2D eigenvalue weighted by atomic mass is 10.3. The number of H-pyrrole nitrogens is 1. The first-order valence-corrected chi connectivity index (χ1v) is 2.84. The molecule has 0 aliphatic carbocycles. The van der Waals surface area contributed by atoms with Gasteiger partial charge in [0.15, 0.2) is 6.39 Å². The van der Waals surface area contributed by atoms with E-state index in [0.29, 0.717) is 0 Å². The minimum Gasteiger partial charge on any atom is -0.451 e. The van der Waals surface area contributed by atoms with Gasteiger partial charge in [0, 0.05) is 11.8 Å². The van der Waals surface area contributed by atoms with Gasteiger partial charge in [-0.3, -0.25) is 5.10 Å². The summed E-state index contributed by atoms with van der Waals surface area (Å²) in [6, 6.07) is 0. The van der Waals surface area contributed by atoms with E-state index in [0.717, 1.165) is 11.3 Å². The van der Waals surface area contributed by atoms with Gasteiger partial charge in [-0.05, 0) is 0 Å². The van der Waals surface area contributed by atoms with Gasteiger partial charge in [0.25, 0.3) is 0 Å². The minimum absolute atomic E-state index is 0.800. The molecule has 0 aliphatic rings. The molecule has 0 radical (unpaired) electrons. The molecule has 2 aromatic heterocycles. The molecule has 0 amide bonds. The fourth-order valence-electron chi connectivity index (χ4n) is 0.746. The SMILES string of the molecule is c1nc(-c2cn[nH]c2)co1. The normalized spacial score (nSPS) is 10.0. The summed E-state index contributed by atoms with van der Waals surface area (Å²) < 4.78 is 4.79. The Morgan fingerprint density at radius 1 is 1.50 bits per heavy atom. The molecular formula is C6H5N3O. The van der Waals surface area contributed by atoms with Crippen LogP contribution in [0.1, 0.15) is 0 Å². The van der Waals surface area contributed by atoms with Crippen LogP contribution < -0.4 is 0 Å². The maximum atomic E-state index is 4.79. The second-order valence-electron chi connectivity index (χ2n) is 1.86. The van der Waals surface area contributed by atoms with E-state index in [-0.39, 0.29) is 0 Å². The molecule has 4 heteroatoms. The Hall–Kier alpha value is -1.58. The minimum atomic E-state index is 0.800. The van der Waals surface area contributed by atoms with Gasteiger partial charge in [-0.15, -0.1) is 0 Å². The average molecular weight is 135 g/mol. The number of aromatic nitrogens is 3. The van der Waals surface area contributed by atoms with Gasteiger partial charge in [-0.25, -0.2) is 4.98 Å². The lowest BCUT2D eigenvalue weighted by Crippen LogP contribution is -1.68. The number of nitrogens with one attached hydrogen (secondary N) is 1. The summed E-state index contributed by atoms with van der Waals surface area (Å²) in [7, 11) is 0. The van der Waals surface area contributed by atoms with Crippen LogP contribution in [0, 0.1) is 0 Å². The summed E-state index contributed by atoms with van der Waals surface area (Å²) in [5.41, 5.74) is 1.74. The highest BCUT2D eigenvalue weighted by atomic mass is 16.3. The molecule has 10 heavy (non-hydrogen) atoms. The smallest absolute Gasteiger partial charge is 0.181 e. The number of hydrogen-bond acceptors (Lipinski definition) is 3. The van der Waals surface area contributed by atoms with Crippen molar-refractivity contribution in [1.29, 1.82) is 0 Å². The average Bonchev–Trinajstić information content (AvgIpc) is 2.59. The van der Waals surface area contributed by atoms with Crippen LogP contribution >= 0.6 is 0 Å². The van der Waals surface area contributed by atoms with Gasteiger partial charge in [0.05, 0.1) is 6.20 Å². The maximum absolute atomic E-state index is 4.79. The van der Waals surface area contributed by atoms with E-state index in [2.05, 4.69) is 15.2 Å². The largest absolute Gasteiger partial charge is 0.451 e. The summed E-state index contributed by atoms with van der Waals surface area (Å²) >= 11 is 0. The molecule has 50 valence electrons. The summed E-state index contributed by atoms with van der Waals surface area (Å²) in [5, 5.41) is 6.46. The Morgan fingerprint density at radius 3 is 3.10 bits per heavy atom. The third-order valence-corrected chi connectivity index (χ3v) is 1.23. The molecule has 0 bridgehead atoms. The van der Waals surface area contributed by atoms with Crippen molar-refractivity contribution in [3.63, 3.8) is 0 Å². The van der Waals surface area contributed by atoms with Crippen LogP contribution in [0.3, 0.4) is 0 Å². The highest BCUT2D eigenvalue weighted by Crippen LogP contribution is 2.12. The van der Waals surface area contributed by atoms with Gasteiger partial charge in [0.1, 0.15) is 12.0 Å². The molecular weight excluding hydrogens is 130 g/mol. The van der Waals surface area contributed by atoms with Crippen molar-refractivity contribution in [2.75, 3.05) is 0 Å². The van der Waals surface area contributed by atoms with E-state index in [1.165, 1.54) is 6.39 Å². The summed E-state index contributed by atoms with van der Waals surface area (Å²) in [4.78, 5) is 3.93. The van der Waals surface area contributed by atoms with Gasteiger partial charge in [0.2, 0.25) is 0 Å². The fraction of sp³-hybridized carbons (Fsp3) is 0. The Bertz CT molecular complexity index is 252. The van der Waals surface area contributed by atoms with Crippen molar-refractivity contribution in [3.8, 4) is 11.3 Å². The van der Waals surface area contributed by atoms with E-state index >= 15 is 0 Å². The molecule has 0 aliphatic heterocycles. The molecule has 0 aromatic carbocycles. The molecule has 1 N–H and O–H groups in total. The molecule has 0 atom stereocenters. The van der Waals surface area contributed by atoms with Crippen LogP contribution in [-0.4, -0.2) is 15.2 Å². The highest BCUT2D eigenvalue weighted by molar-refractivity contribution is 5.54. The first-order chi connectivity index (χ1) is 4.97. The van der Waals surface area contributed by atoms with Crippen molar-refractivity contribution in [1.82, 2.24) is 15.2 Å². The molecule has 2 rings (SSSR count). The third-order valence-electron chi connectivity index (χ3n) is 1.23. The molecule has 4 nitrogen and oxygen atoms in total. The van der Waals surface area contributed by atoms with Crippen molar-refractivity contribution < 1.29 is 4.42 Å². The third kappa shape index (κ3) is 0.699. The number of rotatable bonds is 1. The predicted octanol–water partition coefficient (Wildman–Crippen LogP) is 1.06. The van der Waals surface area contributed by atoms with Gasteiger partial charge in [-0.2, -0.15) is 5.10 Å². The summed E-state index contributed by atoms with van der Waals surface area (Å²) in [6.07, 6.45) is 6.42. The molecule has 0 fully saturated rings. The second-order valence-corrected chi connectivity index (χ2v) is 1.86. The van der Waals surface area contributed by atoms with Crippen molar-refractivity contribution in [3.05, 3.63) is 25.1 Å². The second kappa shape index (κ2) is 1.98. The van der Waals surface area contributed by atoms with E-state index in [9.17, 15) is 0 Å². The molecule has 0 unspecified atom stereocenters. The fourth-order valence-corrected chi connectivity index (χ4v) is 0.746. The Kier molecular flexibility index (Phi) is 1.04. The Labute approximate surface area is 56.9 Å². The van der Waals surface area contributed by atoms with E-state index < -0.39 is 0 Å². The number of oxazole rings is 1. The standard InChI is InChI=1S/C6H5N3O/c1-5(2-9-8-1)6-3-10-4-7-6/h1-4H,(H,8,9). The molecule has 0 saturated heterocycles. The maximum Gasteiger partial charge on any atom is 0.181 e. The van der Waals surface area contributed by atoms with Crippen LogP contribution in [0.25, 0.3) is 11.3 Å². The van der Waals surface area contributed by atoms with E-state index in [4.69, 9.17) is 4.42 Å². The number of aromatic amines is 1. The van der Waals surface area contributed by atoms with Gasteiger partial charge in [-0.1, -0.05) is 0 Å². The Morgan fingerprint density at radius 2 is 2.50 bits per heavy atom. The molecule has 0 saturated carbocycles. The predicted molar refractivity (Wildman–Crippen MR) is 34.1 cm³/mol. The topological polar surface area (TPSA) is 54.7 Å². The summed E-state index contributed by atoms with van der Waals surface area (Å²) in [6.45, 7) is 0. The van der Waals surface area contributed by atoms with Crippen LogP contribution in [0.5, 0.6) is 0 Å². The lowest BCUT2D eigenvalue weighted by molar-refractivity contribution is 0.558. The Balaban J connectivity index is 2.48. The van der Waals surface area contributed by atoms with Crippen LogP contribution in [0.2, 0.25) is 0 Å². The van der Waals surface area contributed by atoms with E-state index in [1.54, 1.807) is 18.7 Å². The first kappa shape index (κ1) is 5.22. The number of nitrogens with zero attached hydrogens (tertiary/aromatic N) is 2. The zero-order chi connectivity index (χ0) is 6.81.